The van der Waals surface area contributed by atoms with E-state index in [4.69, 9.17) is 18.0 Å². The highest BCUT2D eigenvalue weighted by atomic mass is 32.1. The second-order valence-corrected chi connectivity index (χ2v) is 3.66. The maximum atomic E-state index is 11.3. The maximum Gasteiger partial charge on any atom is 0.224 e. The van der Waals surface area contributed by atoms with Crippen molar-refractivity contribution in [1.82, 2.24) is 4.90 Å². The predicted molar refractivity (Wildman–Crippen MR) is 53.9 cm³/mol. The minimum absolute atomic E-state index is 0.0429. The molecule has 3 nitrogen and oxygen atoms in total. The number of carbonyl (C=O) groups excluding carboxylic acids is 1. The maximum absolute atomic E-state index is 11.3. The van der Waals surface area contributed by atoms with Crippen molar-refractivity contribution in [1.29, 1.82) is 0 Å². The Kier molecular flexibility index (Phi) is 4.81. The number of amides is 1. The van der Waals surface area contributed by atoms with Crippen LogP contribution in [0.1, 0.15) is 20.3 Å². The van der Waals surface area contributed by atoms with Crippen molar-refractivity contribution in [2.24, 2.45) is 11.7 Å². The van der Waals surface area contributed by atoms with Gasteiger partial charge in [-0.3, -0.25) is 4.79 Å². The van der Waals surface area contributed by atoms with Gasteiger partial charge in [0.25, 0.3) is 0 Å². The van der Waals surface area contributed by atoms with Crippen molar-refractivity contribution < 1.29 is 4.79 Å². The van der Waals surface area contributed by atoms with Crippen LogP contribution in [0.15, 0.2) is 0 Å². The van der Waals surface area contributed by atoms with Crippen molar-refractivity contribution in [3.05, 3.63) is 0 Å². The van der Waals surface area contributed by atoms with Gasteiger partial charge in [-0.2, -0.15) is 0 Å². The van der Waals surface area contributed by atoms with Crippen molar-refractivity contribution >= 4 is 23.1 Å². The van der Waals surface area contributed by atoms with Gasteiger partial charge in [-0.15, -0.1) is 0 Å². The zero-order valence-electron chi connectivity index (χ0n) is 7.83. The molecular formula is C8H16N2OS. The van der Waals surface area contributed by atoms with Crippen LogP contribution in [0, 0.1) is 5.92 Å². The van der Waals surface area contributed by atoms with Gasteiger partial charge in [0.05, 0.1) is 4.99 Å². The summed E-state index contributed by atoms with van der Waals surface area (Å²) in [5.41, 5.74) is 5.31. The van der Waals surface area contributed by atoms with Crippen LogP contribution in [0.4, 0.5) is 0 Å². The first-order chi connectivity index (χ1) is 5.45. The van der Waals surface area contributed by atoms with E-state index in [1.807, 2.05) is 13.8 Å². The Morgan fingerprint density at radius 3 is 2.42 bits per heavy atom. The number of thiocarbonyl (C=S) groups is 1. The Morgan fingerprint density at radius 1 is 1.58 bits per heavy atom. The van der Waals surface area contributed by atoms with Gasteiger partial charge in [-0.05, 0) is 0 Å². The van der Waals surface area contributed by atoms with Crippen LogP contribution in [0.3, 0.4) is 0 Å². The summed E-state index contributed by atoms with van der Waals surface area (Å²) >= 11 is 4.71. The summed E-state index contributed by atoms with van der Waals surface area (Å²) < 4.78 is 0. The van der Waals surface area contributed by atoms with Crippen LogP contribution >= 0.6 is 12.2 Å². The molecule has 1 amide bonds. The number of carbonyl (C=O) groups is 1. The summed E-state index contributed by atoms with van der Waals surface area (Å²) in [6.45, 7) is 4.37. The van der Waals surface area contributed by atoms with Gasteiger partial charge < -0.3 is 10.6 Å². The molecule has 0 aliphatic rings. The lowest BCUT2D eigenvalue weighted by molar-refractivity contribution is -0.132. The number of nitrogens with two attached hydrogens (primary N) is 1. The number of hydrogen-bond donors (Lipinski definition) is 1. The molecule has 0 aromatic carbocycles. The standard InChI is InChI=1S/C8H16N2OS/c1-6(2)8(11)10(3)5-4-7(9)12/h6H,4-5H2,1-3H3,(H2,9,12). The largest absolute Gasteiger partial charge is 0.393 e. The molecule has 0 radical (unpaired) electrons. The highest BCUT2D eigenvalue weighted by Gasteiger charge is 2.11. The monoisotopic (exact) mass is 188 g/mol. The van der Waals surface area contributed by atoms with Gasteiger partial charge in [-0.1, -0.05) is 26.1 Å². The fourth-order valence-electron chi connectivity index (χ4n) is 0.829. The van der Waals surface area contributed by atoms with E-state index in [0.29, 0.717) is 18.0 Å². The number of nitrogens with zero attached hydrogens (tertiary/aromatic N) is 1. The minimum atomic E-state index is 0.0429. The molecule has 0 aliphatic carbocycles. The van der Waals surface area contributed by atoms with Crippen LogP contribution < -0.4 is 5.73 Å². The first-order valence-corrected chi connectivity index (χ1v) is 4.39. The normalized spacial score (nSPS) is 10.0. The summed E-state index contributed by atoms with van der Waals surface area (Å²) in [6.07, 6.45) is 0.601. The quantitative estimate of drug-likeness (QED) is 0.663. The number of rotatable bonds is 4. The Labute approximate surface area is 78.9 Å². The molecule has 70 valence electrons. The van der Waals surface area contributed by atoms with Gasteiger partial charge >= 0.3 is 0 Å². The first kappa shape index (κ1) is 11.4. The van der Waals surface area contributed by atoms with Gasteiger partial charge in [0.15, 0.2) is 0 Å². The summed E-state index contributed by atoms with van der Waals surface area (Å²) in [5.74, 6) is 0.174. The van der Waals surface area contributed by atoms with E-state index in [1.54, 1.807) is 11.9 Å². The molecule has 0 aliphatic heterocycles. The molecule has 2 N–H and O–H groups in total. The Bertz CT molecular complexity index is 180. The molecule has 0 rings (SSSR count). The van der Waals surface area contributed by atoms with E-state index in [0.717, 1.165) is 0 Å². The molecule has 0 saturated heterocycles. The van der Waals surface area contributed by atoms with Gasteiger partial charge in [0.2, 0.25) is 5.91 Å². The van der Waals surface area contributed by atoms with Gasteiger partial charge in [0, 0.05) is 25.9 Å². The van der Waals surface area contributed by atoms with Gasteiger partial charge in [0.1, 0.15) is 0 Å². The molecule has 0 unspecified atom stereocenters. The molecule has 0 aromatic rings. The Hall–Kier alpha value is -0.640. The average Bonchev–Trinajstić information content (AvgIpc) is 1.98. The van der Waals surface area contributed by atoms with E-state index in [-0.39, 0.29) is 11.8 Å². The third-order valence-corrected chi connectivity index (χ3v) is 1.77. The lowest BCUT2D eigenvalue weighted by Gasteiger charge is -2.18. The molecule has 0 saturated carbocycles. The molecule has 0 aromatic heterocycles. The Morgan fingerprint density at radius 2 is 2.08 bits per heavy atom. The fraction of sp³-hybridized carbons (Fsp3) is 0.750. The van der Waals surface area contributed by atoms with Crippen LogP contribution in [-0.2, 0) is 4.79 Å². The molecule has 0 heterocycles. The van der Waals surface area contributed by atoms with Crippen LogP contribution in [0.2, 0.25) is 0 Å². The number of hydrogen-bond acceptors (Lipinski definition) is 2. The second-order valence-electron chi connectivity index (χ2n) is 3.13. The molecule has 4 heteroatoms. The summed E-state index contributed by atoms with van der Waals surface area (Å²) in [7, 11) is 1.76. The predicted octanol–water partition coefficient (Wildman–Crippen LogP) is 0.777. The van der Waals surface area contributed by atoms with Crippen molar-refractivity contribution in [3.63, 3.8) is 0 Å². The smallest absolute Gasteiger partial charge is 0.224 e. The zero-order chi connectivity index (χ0) is 9.72. The average molecular weight is 188 g/mol. The van der Waals surface area contributed by atoms with Crippen molar-refractivity contribution in [2.75, 3.05) is 13.6 Å². The fourth-order valence-corrected chi connectivity index (χ4v) is 0.920. The van der Waals surface area contributed by atoms with E-state index < -0.39 is 0 Å². The van der Waals surface area contributed by atoms with E-state index in [2.05, 4.69) is 0 Å². The van der Waals surface area contributed by atoms with Crippen LogP contribution in [-0.4, -0.2) is 29.4 Å². The molecular weight excluding hydrogens is 172 g/mol. The van der Waals surface area contributed by atoms with Crippen LogP contribution in [0.25, 0.3) is 0 Å². The minimum Gasteiger partial charge on any atom is -0.393 e. The summed E-state index contributed by atoms with van der Waals surface area (Å²) in [5, 5.41) is 0. The third-order valence-electron chi connectivity index (χ3n) is 1.56. The second kappa shape index (κ2) is 5.09. The molecule has 0 fully saturated rings. The lowest BCUT2D eigenvalue weighted by atomic mass is 10.2. The van der Waals surface area contributed by atoms with E-state index in [1.165, 1.54) is 0 Å². The molecule has 0 bridgehead atoms. The summed E-state index contributed by atoms with van der Waals surface area (Å²) in [6, 6.07) is 0. The van der Waals surface area contributed by atoms with Gasteiger partial charge in [-0.25, -0.2) is 0 Å². The van der Waals surface area contributed by atoms with Crippen LogP contribution in [0.5, 0.6) is 0 Å². The topological polar surface area (TPSA) is 46.3 Å². The summed E-state index contributed by atoms with van der Waals surface area (Å²) in [4.78, 5) is 13.4. The van der Waals surface area contributed by atoms with Crippen molar-refractivity contribution in [3.8, 4) is 0 Å². The van der Waals surface area contributed by atoms with Crippen molar-refractivity contribution in [2.45, 2.75) is 20.3 Å². The SMILES string of the molecule is CC(C)C(=O)N(C)CCC(N)=S. The highest BCUT2D eigenvalue weighted by Crippen LogP contribution is 1.99. The Balaban J connectivity index is 3.79. The molecule has 0 spiro atoms. The zero-order valence-corrected chi connectivity index (χ0v) is 8.65. The molecule has 12 heavy (non-hydrogen) atoms. The molecule has 0 atom stereocenters. The highest BCUT2D eigenvalue weighted by molar-refractivity contribution is 7.80. The van der Waals surface area contributed by atoms with E-state index in [9.17, 15) is 4.79 Å². The first-order valence-electron chi connectivity index (χ1n) is 3.98. The third kappa shape index (κ3) is 4.28. The lowest BCUT2D eigenvalue weighted by Crippen LogP contribution is -2.32. The van der Waals surface area contributed by atoms with E-state index >= 15 is 0 Å².